The molecular formula is C16H24N2S2. The second-order valence-electron chi connectivity index (χ2n) is 6.33. The highest BCUT2D eigenvalue weighted by molar-refractivity contribution is 7.98. The fourth-order valence-corrected chi connectivity index (χ4v) is 3.76. The van der Waals surface area contributed by atoms with Crippen LogP contribution in [0.2, 0.25) is 0 Å². The summed E-state index contributed by atoms with van der Waals surface area (Å²) in [5.41, 5.74) is 8.50. The summed E-state index contributed by atoms with van der Waals surface area (Å²) in [6.07, 6.45) is 7.04. The van der Waals surface area contributed by atoms with Gasteiger partial charge in [-0.3, -0.25) is 0 Å². The molecule has 0 saturated heterocycles. The number of thiocarbonyl (C=S) groups is 1. The van der Waals surface area contributed by atoms with Crippen LogP contribution in [0.1, 0.15) is 45.1 Å². The highest BCUT2D eigenvalue weighted by atomic mass is 32.2. The maximum atomic E-state index is 5.92. The van der Waals surface area contributed by atoms with E-state index in [1.807, 2.05) is 0 Å². The Bertz CT molecular complexity index is 487. The zero-order chi connectivity index (χ0) is 14.8. The van der Waals surface area contributed by atoms with Crippen molar-refractivity contribution in [2.45, 2.75) is 50.5 Å². The fourth-order valence-electron chi connectivity index (χ4n) is 2.84. The van der Waals surface area contributed by atoms with Crippen LogP contribution in [-0.2, 0) is 0 Å². The average Bonchev–Trinajstić information content (AvgIpc) is 2.40. The van der Waals surface area contributed by atoms with E-state index < -0.39 is 0 Å². The number of benzene rings is 1. The van der Waals surface area contributed by atoms with E-state index in [0.29, 0.717) is 16.4 Å². The van der Waals surface area contributed by atoms with Crippen molar-refractivity contribution in [3.63, 3.8) is 0 Å². The Balaban J connectivity index is 2.16. The molecule has 0 unspecified atom stereocenters. The molecule has 1 fully saturated rings. The van der Waals surface area contributed by atoms with Crippen molar-refractivity contribution in [1.29, 1.82) is 0 Å². The molecular weight excluding hydrogens is 284 g/mol. The first-order valence-electron chi connectivity index (χ1n) is 7.16. The first-order valence-corrected chi connectivity index (χ1v) is 8.79. The van der Waals surface area contributed by atoms with E-state index in [0.717, 1.165) is 16.1 Å². The summed E-state index contributed by atoms with van der Waals surface area (Å²) in [4.78, 5) is 1.63. The lowest BCUT2D eigenvalue weighted by molar-refractivity contribution is 0.232. The van der Waals surface area contributed by atoms with Crippen LogP contribution < -0.4 is 11.1 Å². The van der Waals surface area contributed by atoms with Crippen LogP contribution in [0.25, 0.3) is 0 Å². The third kappa shape index (κ3) is 3.67. The van der Waals surface area contributed by atoms with Crippen molar-refractivity contribution >= 4 is 34.7 Å². The minimum absolute atomic E-state index is 0.480. The topological polar surface area (TPSA) is 38.0 Å². The number of hydrogen-bond donors (Lipinski definition) is 2. The molecule has 0 heterocycles. The summed E-state index contributed by atoms with van der Waals surface area (Å²) in [6, 6.07) is 6.78. The Kier molecular flexibility index (Phi) is 4.97. The second-order valence-corrected chi connectivity index (χ2v) is 7.62. The molecule has 1 saturated carbocycles. The Morgan fingerprint density at radius 3 is 2.55 bits per heavy atom. The molecule has 1 aliphatic rings. The van der Waals surface area contributed by atoms with Gasteiger partial charge in [0.1, 0.15) is 4.99 Å². The molecule has 2 rings (SSSR count). The largest absolute Gasteiger partial charge is 0.389 e. The predicted molar refractivity (Wildman–Crippen MR) is 93.8 cm³/mol. The maximum Gasteiger partial charge on any atom is 0.107 e. The van der Waals surface area contributed by atoms with Crippen molar-refractivity contribution in [3.8, 4) is 0 Å². The summed E-state index contributed by atoms with van der Waals surface area (Å²) < 4.78 is 0. The van der Waals surface area contributed by atoms with Gasteiger partial charge in [-0.15, -0.1) is 11.8 Å². The van der Waals surface area contributed by atoms with Crippen molar-refractivity contribution in [2.75, 3.05) is 11.6 Å². The summed E-state index contributed by atoms with van der Waals surface area (Å²) in [5, 5.41) is 3.66. The second kappa shape index (κ2) is 6.35. The van der Waals surface area contributed by atoms with E-state index in [1.165, 1.54) is 25.7 Å². The monoisotopic (exact) mass is 308 g/mol. The molecule has 0 amide bonds. The predicted octanol–water partition coefficient (Wildman–Crippen LogP) is 4.42. The lowest BCUT2D eigenvalue weighted by Gasteiger charge is -2.35. The first-order chi connectivity index (χ1) is 9.43. The highest BCUT2D eigenvalue weighted by Gasteiger charge is 2.27. The van der Waals surface area contributed by atoms with E-state index in [1.54, 1.807) is 11.8 Å². The quantitative estimate of drug-likeness (QED) is 0.638. The SMILES string of the molecule is CSc1cccc(NC2CCC(C)(C)CC2)c1C(N)=S. The van der Waals surface area contributed by atoms with Crippen LogP contribution in [0.4, 0.5) is 5.69 Å². The van der Waals surface area contributed by atoms with E-state index in [4.69, 9.17) is 18.0 Å². The Hall–Kier alpha value is -0.740. The lowest BCUT2D eigenvalue weighted by Crippen LogP contribution is -2.30. The molecule has 3 N–H and O–H groups in total. The number of thioether (sulfide) groups is 1. The van der Waals surface area contributed by atoms with Gasteiger partial charge in [-0.25, -0.2) is 0 Å². The van der Waals surface area contributed by atoms with Crippen LogP contribution in [-0.4, -0.2) is 17.3 Å². The third-order valence-corrected chi connectivity index (χ3v) is 5.18. The molecule has 0 aromatic heterocycles. The van der Waals surface area contributed by atoms with Gasteiger partial charge in [-0.2, -0.15) is 0 Å². The molecule has 0 aliphatic heterocycles. The number of hydrogen-bond acceptors (Lipinski definition) is 3. The Morgan fingerprint density at radius 1 is 1.35 bits per heavy atom. The van der Waals surface area contributed by atoms with E-state index in [9.17, 15) is 0 Å². The van der Waals surface area contributed by atoms with Crippen LogP contribution in [0.5, 0.6) is 0 Å². The summed E-state index contributed by atoms with van der Waals surface area (Å²) in [5.74, 6) is 0. The highest BCUT2D eigenvalue weighted by Crippen LogP contribution is 2.37. The molecule has 0 spiro atoms. The number of nitrogens with one attached hydrogen (secondary N) is 1. The smallest absolute Gasteiger partial charge is 0.107 e. The molecule has 1 aromatic rings. The van der Waals surface area contributed by atoms with E-state index >= 15 is 0 Å². The van der Waals surface area contributed by atoms with Crippen LogP contribution in [0.3, 0.4) is 0 Å². The van der Waals surface area contributed by atoms with Crippen LogP contribution in [0, 0.1) is 5.41 Å². The Morgan fingerprint density at radius 2 is 2.00 bits per heavy atom. The number of rotatable bonds is 4. The minimum Gasteiger partial charge on any atom is -0.389 e. The maximum absolute atomic E-state index is 5.92. The normalized spacial score (nSPS) is 18.8. The molecule has 0 atom stereocenters. The van der Waals surface area contributed by atoms with Crippen LogP contribution in [0.15, 0.2) is 23.1 Å². The van der Waals surface area contributed by atoms with Crippen molar-refractivity contribution in [3.05, 3.63) is 23.8 Å². The van der Waals surface area contributed by atoms with Gasteiger partial charge in [0.15, 0.2) is 0 Å². The summed E-state index contributed by atoms with van der Waals surface area (Å²) >= 11 is 6.92. The molecule has 110 valence electrons. The van der Waals surface area contributed by atoms with E-state index in [-0.39, 0.29) is 0 Å². The van der Waals surface area contributed by atoms with Gasteiger partial charge < -0.3 is 11.1 Å². The van der Waals surface area contributed by atoms with Crippen molar-refractivity contribution < 1.29 is 0 Å². The summed E-state index contributed by atoms with van der Waals surface area (Å²) in [7, 11) is 0. The Labute approximate surface area is 131 Å². The van der Waals surface area contributed by atoms with Crippen molar-refractivity contribution in [1.82, 2.24) is 0 Å². The van der Waals surface area contributed by atoms with E-state index in [2.05, 4.69) is 43.6 Å². The number of anilines is 1. The van der Waals surface area contributed by atoms with Gasteiger partial charge in [0.25, 0.3) is 0 Å². The molecule has 4 heteroatoms. The molecule has 2 nitrogen and oxygen atoms in total. The third-order valence-electron chi connectivity index (χ3n) is 4.19. The lowest BCUT2D eigenvalue weighted by atomic mass is 9.75. The van der Waals surface area contributed by atoms with Gasteiger partial charge in [0.05, 0.1) is 0 Å². The fraction of sp³-hybridized carbons (Fsp3) is 0.562. The first kappa shape index (κ1) is 15.6. The van der Waals surface area contributed by atoms with Gasteiger partial charge >= 0.3 is 0 Å². The van der Waals surface area contributed by atoms with Crippen molar-refractivity contribution in [2.24, 2.45) is 11.1 Å². The number of nitrogens with two attached hydrogens (primary N) is 1. The average molecular weight is 309 g/mol. The van der Waals surface area contributed by atoms with Gasteiger partial charge in [0, 0.05) is 22.2 Å². The molecule has 1 aliphatic carbocycles. The molecule has 0 radical (unpaired) electrons. The minimum atomic E-state index is 0.480. The van der Waals surface area contributed by atoms with Gasteiger partial charge in [-0.1, -0.05) is 32.1 Å². The molecule has 1 aromatic carbocycles. The standard InChI is InChI=1S/C16H24N2S2/c1-16(2)9-7-11(8-10-16)18-12-5-4-6-13(20-3)14(12)15(17)19/h4-6,11,18H,7-10H2,1-3H3,(H2,17,19). The molecule has 0 bridgehead atoms. The zero-order valence-corrected chi connectivity index (χ0v) is 14.2. The van der Waals surface area contributed by atoms with Gasteiger partial charge in [-0.05, 0) is 49.5 Å². The zero-order valence-electron chi connectivity index (χ0n) is 12.5. The summed E-state index contributed by atoms with van der Waals surface area (Å²) in [6.45, 7) is 4.72. The van der Waals surface area contributed by atoms with Crippen LogP contribution >= 0.6 is 24.0 Å². The van der Waals surface area contributed by atoms with Gasteiger partial charge in [0.2, 0.25) is 0 Å². The molecule has 20 heavy (non-hydrogen) atoms.